The Balaban J connectivity index is 0.000000181. The van der Waals surface area contributed by atoms with Crippen molar-refractivity contribution >= 4 is 69.9 Å². The van der Waals surface area contributed by atoms with E-state index in [1.165, 1.54) is 89.5 Å². The average molecular weight is 880 g/mol. The molecule has 0 spiro atoms. The third-order valence-electron chi connectivity index (χ3n) is 7.83. The van der Waals surface area contributed by atoms with Crippen LogP contribution in [-0.4, -0.2) is 3.21 Å². The molecule has 0 amide bonds. The van der Waals surface area contributed by atoms with Gasteiger partial charge in [0, 0.05) is 0 Å². The van der Waals surface area contributed by atoms with Crippen LogP contribution in [0.25, 0.3) is 21.5 Å². The van der Waals surface area contributed by atoms with Gasteiger partial charge in [0.15, 0.2) is 0 Å². The van der Waals surface area contributed by atoms with Crippen molar-refractivity contribution in [3.05, 3.63) is 150 Å². The Bertz CT molecular complexity index is 1700. The molecule has 0 bridgehead atoms. The summed E-state index contributed by atoms with van der Waals surface area (Å²) >= 11 is 6.13. The van der Waals surface area contributed by atoms with Gasteiger partial charge in [-0.2, -0.15) is 18.2 Å². The molecule has 0 atom stereocenters. The summed E-state index contributed by atoms with van der Waals surface area (Å²) < 4.78 is 3.99. The fraction of sp³-hybridized carbons (Fsp3) is 0.244. The molecule has 6 aromatic rings. The number of fused-ring (bicyclic) bond motifs is 3. The van der Waals surface area contributed by atoms with E-state index in [1.807, 2.05) is 30.3 Å². The molecule has 6 rings (SSSR count). The van der Waals surface area contributed by atoms with Crippen molar-refractivity contribution in [2.75, 3.05) is 0 Å². The molecule has 0 aliphatic carbocycles. The number of rotatable bonds is 2. The molecule has 3 heteroatoms. The van der Waals surface area contributed by atoms with Crippen molar-refractivity contribution in [1.29, 1.82) is 0 Å². The fourth-order valence-corrected chi connectivity index (χ4v) is 7.21. The molecule has 224 valence electrons. The Labute approximate surface area is 307 Å². The molecule has 0 radical (unpaired) electrons. The van der Waals surface area contributed by atoms with Crippen molar-refractivity contribution in [2.24, 2.45) is 0 Å². The Hall–Kier alpha value is -1.69. The summed E-state index contributed by atoms with van der Waals surface area (Å²) in [7, 11) is 0. The Morgan fingerprint density at radius 1 is 0.591 bits per heavy atom. The van der Waals surface area contributed by atoms with Crippen molar-refractivity contribution < 1.29 is 24.2 Å². The van der Waals surface area contributed by atoms with E-state index in [0.29, 0.717) is 0 Å². The summed E-state index contributed by atoms with van der Waals surface area (Å²) in [5.41, 5.74) is 8.73. The van der Waals surface area contributed by atoms with E-state index in [-0.39, 0.29) is 10.8 Å². The van der Waals surface area contributed by atoms with Crippen molar-refractivity contribution in [3.63, 3.8) is 0 Å². The maximum Gasteiger partial charge on any atom is -0.172 e. The molecule has 0 aliphatic heterocycles. The SMILES string of the molecule is Cc1cc2[cH-]c3cc(C)c(C(C)(C)C)cc3c2cc1C(C)(C)C.[Zr+2]=[C](c1ccc(I)cc1)c1ccc(I)cc1.c1cc[cH-]c1. The van der Waals surface area contributed by atoms with Crippen molar-refractivity contribution in [2.45, 2.75) is 66.2 Å². The normalized spacial score (nSPS) is 11.5. The van der Waals surface area contributed by atoms with Crippen LogP contribution in [0, 0.1) is 21.0 Å². The molecule has 0 fully saturated rings. The van der Waals surface area contributed by atoms with E-state index >= 15 is 0 Å². The number of aryl methyl sites for hydroxylation is 2. The second-order valence-corrected chi connectivity index (χ2v) is 17.2. The quantitative estimate of drug-likeness (QED) is 0.120. The van der Waals surface area contributed by atoms with Crippen LogP contribution in [0.5, 0.6) is 0 Å². The predicted molar refractivity (Wildman–Crippen MR) is 207 cm³/mol. The minimum atomic E-state index is 0.180. The van der Waals surface area contributed by atoms with Crippen molar-refractivity contribution in [1.82, 2.24) is 0 Å². The topological polar surface area (TPSA) is 0 Å². The molecule has 0 saturated heterocycles. The molecule has 0 heterocycles. The zero-order valence-electron chi connectivity index (χ0n) is 27.1. The summed E-state index contributed by atoms with van der Waals surface area (Å²) in [6.45, 7) is 18.3. The smallest absolute Gasteiger partial charge is 0.172 e. The summed E-state index contributed by atoms with van der Waals surface area (Å²) in [5, 5.41) is 5.55. The molecule has 0 unspecified atom stereocenters. The van der Waals surface area contributed by atoms with Gasteiger partial charge in [-0.05, 0) is 24.7 Å². The number of halogens is 2. The third-order valence-corrected chi connectivity index (χ3v) is 10.7. The molecule has 44 heavy (non-hydrogen) atoms. The Morgan fingerprint density at radius 2 is 0.955 bits per heavy atom. The van der Waals surface area contributed by atoms with Crippen LogP contribution < -0.4 is 0 Å². The summed E-state index contributed by atoms with van der Waals surface area (Å²) in [6.07, 6.45) is 0. The number of hydrogen-bond acceptors (Lipinski definition) is 0. The van der Waals surface area contributed by atoms with Crippen LogP contribution in [0.1, 0.15) is 74.9 Å². The Kier molecular flexibility index (Phi) is 11.8. The first kappa shape index (κ1) is 35.2. The first-order valence-corrected chi connectivity index (χ1v) is 18.5. The summed E-state index contributed by atoms with van der Waals surface area (Å²) in [5.74, 6) is 0. The zero-order valence-corrected chi connectivity index (χ0v) is 33.9. The second-order valence-electron chi connectivity index (χ2n) is 13.5. The van der Waals surface area contributed by atoms with Gasteiger partial charge < -0.3 is 0 Å². The molecule has 0 saturated carbocycles. The van der Waals surface area contributed by atoms with E-state index in [9.17, 15) is 0 Å². The summed E-state index contributed by atoms with van der Waals surface area (Å²) in [4.78, 5) is 0. The molecule has 6 aromatic carbocycles. The molecule has 0 aromatic heterocycles. The second kappa shape index (κ2) is 14.8. The van der Waals surface area contributed by atoms with Crippen LogP contribution in [-0.2, 0) is 35.1 Å². The monoisotopic (exact) mass is 878 g/mol. The number of benzene rings is 4. The van der Waals surface area contributed by atoms with Gasteiger partial charge in [0.25, 0.3) is 0 Å². The van der Waals surface area contributed by atoms with Gasteiger partial charge >= 0.3 is 139 Å². The van der Waals surface area contributed by atoms with Crippen LogP contribution in [0.2, 0.25) is 0 Å². The van der Waals surface area contributed by atoms with Gasteiger partial charge in [0.05, 0.1) is 0 Å². The minimum absolute atomic E-state index is 0.180. The van der Waals surface area contributed by atoms with Gasteiger partial charge in [-0.1, -0.05) is 75.9 Å². The van der Waals surface area contributed by atoms with Gasteiger partial charge in [-0.25, -0.2) is 12.1 Å². The van der Waals surface area contributed by atoms with E-state index in [0.717, 1.165) is 0 Å². The van der Waals surface area contributed by atoms with Gasteiger partial charge in [-0.15, -0.1) is 39.7 Å². The first-order valence-electron chi connectivity index (χ1n) is 15.1. The standard InChI is InChI=1S/C23H29.C13H8I2.C5H5.Zr/c1-14-9-16-11-17-10-15(2)21(23(6,7)8)13-19(17)18(16)12-20(14)22(3,4)5;14-12-5-1-10(2-6-12)9-11-3-7-13(15)8-4-11;1-2-4-5-3-1;/h9-13H,1-8H3;1-8H;1-5H;/q-1;;-1;+2. The van der Waals surface area contributed by atoms with E-state index in [4.69, 9.17) is 0 Å². The van der Waals surface area contributed by atoms with Crippen LogP contribution in [0.4, 0.5) is 0 Å². The largest absolute Gasteiger partial charge is 0.214 e. The van der Waals surface area contributed by atoms with Crippen LogP contribution in [0.3, 0.4) is 0 Å². The zero-order chi connectivity index (χ0) is 32.2. The first-order chi connectivity index (χ1) is 20.6. The van der Waals surface area contributed by atoms with Gasteiger partial charge in [-0.3, -0.25) is 0 Å². The average Bonchev–Trinajstić information content (AvgIpc) is 3.63. The molecule has 0 nitrogen and oxygen atoms in total. The maximum absolute atomic E-state index is 2.43. The minimum Gasteiger partial charge on any atom is -0.214 e. The van der Waals surface area contributed by atoms with Gasteiger partial charge in [0.1, 0.15) is 0 Å². The van der Waals surface area contributed by atoms with E-state index < -0.39 is 0 Å². The molecule has 0 aliphatic rings. The van der Waals surface area contributed by atoms with Gasteiger partial charge in [0.2, 0.25) is 0 Å². The summed E-state index contributed by atoms with van der Waals surface area (Å²) in [6, 6.07) is 39.4. The molecular formula is C41H42I2Zr. The predicted octanol–water partition coefficient (Wildman–Crippen LogP) is 12.3. The van der Waals surface area contributed by atoms with E-state index in [2.05, 4.69) is 179 Å². The van der Waals surface area contributed by atoms with E-state index in [1.54, 1.807) is 0 Å². The maximum atomic E-state index is 2.43. The fourth-order valence-electron chi connectivity index (χ4n) is 5.67. The third kappa shape index (κ3) is 8.98. The molecule has 0 N–H and O–H groups in total. The number of hydrogen-bond donors (Lipinski definition) is 0. The van der Waals surface area contributed by atoms with Crippen molar-refractivity contribution in [3.8, 4) is 0 Å². The van der Waals surface area contributed by atoms with Crippen LogP contribution >= 0.6 is 45.2 Å². The molecular weight excluding hydrogens is 837 g/mol. The Morgan fingerprint density at radius 3 is 1.25 bits per heavy atom. The van der Waals surface area contributed by atoms with Crippen LogP contribution in [0.15, 0.2) is 109 Å².